The zero-order valence-corrected chi connectivity index (χ0v) is 9.52. The van der Waals surface area contributed by atoms with Crippen LogP contribution in [0.5, 0.6) is 5.75 Å². The summed E-state index contributed by atoms with van der Waals surface area (Å²) in [7, 11) is 0. The van der Waals surface area contributed by atoms with Crippen LogP contribution < -0.4 is 0 Å². The predicted molar refractivity (Wildman–Crippen MR) is 62.1 cm³/mol. The molecule has 0 unspecified atom stereocenters. The Labute approximate surface area is 99.1 Å². The van der Waals surface area contributed by atoms with Gasteiger partial charge in [-0.25, -0.2) is 4.79 Å². The van der Waals surface area contributed by atoms with Crippen LogP contribution in [0, 0.1) is 0 Å². The van der Waals surface area contributed by atoms with Crippen LogP contribution in [0.15, 0.2) is 24.3 Å². The molecule has 0 aliphatic carbocycles. The number of hydrogen-bond donors (Lipinski definition) is 3. The summed E-state index contributed by atoms with van der Waals surface area (Å²) in [6, 6.07) is 5.36. The lowest BCUT2D eigenvalue weighted by atomic mass is 10.2. The number of carboxylic acid groups (broad SMARTS) is 1. The van der Waals surface area contributed by atoms with Crippen molar-refractivity contribution in [3.05, 3.63) is 29.8 Å². The first-order valence-corrected chi connectivity index (χ1v) is 5.34. The third-order valence-corrected chi connectivity index (χ3v) is 1.92. The van der Waals surface area contributed by atoms with Crippen LogP contribution in [0.3, 0.4) is 0 Å². The molecule has 0 spiro atoms. The highest BCUT2D eigenvalue weighted by atomic mass is 35.5. The van der Waals surface area contributed by atoms with E-state index in [2.05, 4.69) is 0 Å². The van der Waals surface area contributed by atoms with Gasteiger partial charge in [-0.3, -0.25) is 0 Å². The first-order valence-electron chi connectivity index (χ1n) is 4.81. The Hall–Kier alpha value is -1.26. The van der Waals surface area contributed by atoms with Crippen molar-refractivity contribution in [2.24, 2.45) is 0 Å². The third-order valence-electron chi connectivity index (χ3n) is 1.66. The maximum Gasteiger partial charge on any atom is 0.335 e. The van der Waals surface area contributed by atoms with Gasteiger partial charge in [-0.15, -0.1) is 11.6 Å². The van der Waals surface area contributed by atoms with E-state index in [1.165, 1.54) is 24.3 Å². The maximum atomic E-state index is 10.2. The number of aromatic carboxylic acids is 1. The maximum absolute atomic E-state index is 10.2. The summed E-state index contributed by atoms with van der Waals surface area (Å²) in [4.78, 5) is 10.2. The van der Waals surface area contributed by atoms with E-state index in [4.69, 9.17) is 26.9 Å². The van der Waals surface area contributed by atoms with E-state index in [1.807, 2.05) is 0 Å². The lowest BCUT2D eigenvalue weighted by molar-refractivity contribution is 0.0697. The first kappa shape index (κ1) is 14.7. The largest absolute Gasteiger partial charge is 0.508 e. The monoisotopic (exact) mass is 246 g/mol. The fraction of sp³-hybridized carbons (Fsp3) is 0.364. The SMILES string of the molecule is O=C(O)c1ccc(O)cc1.OCCCCCl. The van der Waals surface area contributed by atoms with E-state index >= 15 is 0 Å². The number of hydrogen-bond acceptors (Lipinski definition) is 3. The molecule has 0 heterocycles. The number of aliphatic hydroxyl groups excluding tert-OH is 1. The average Bonchev–Trinajstić information content (AvgIpc) is 2.28. The van der Waals surface area contributed by atoms with Gasteiger partial charge in [-0.1, -0.05) is 0 Å². The van der Waals surface area contributed by atoms with Crippen LogP contribution in [0.1, 0.15) is 23.2 Å². The second-order valence-electron chi connectivity index (χ2n) is 2.97. The minimum Gasteiger partial charge on any atom is -0.508 e. The normalized spacial score (nSPS) is 9.12. The molecule has 90 valence electrons. The number of benzene rings is 1. The quantitative estimate of drug-likeness (QED) is 0.562. The van der Waals surface area contributed by atoms with Crippen molar-refractivity contribution in [2.75, 3.05) is 12.5 Å². The van der Waals surface area contributed by atoms with Crippen LogP contribution in [-0.2, 0) is 0 Å². The molecule has 0 aliphatic rings. The van der Waals surface area contributed by atoms with Gasteiger partial charge in [0.2, 0.25) is 0 Å². The van der Waals surface area contributed by atoms with Crippen molar-refractivity contribution >= 4 is 17.6 Å². The Morgan fingerprint density at radius 3 is 2.06 bits per heavy atom. The van der Waals surface area contributed by atoms with Gasteiger partial charge in [-0.2, -0.15) is 0 Å². The Bertz CT molecular complexity index is 293. The van der Waals surface area contributed by atoms with Gasteiger partial charge < -0.3 is 15.3 Å². The molecule has 0 saturated carbocycles. The smallest absolute Gasteiger partial charge is 0.335 e. The number of phenols is 1. The van der Waals surface area contributed by atoms with Crippen LogP contribution in [0.25, 0.3) is 0 Å². The molecule has 1 rings (SSSR count). The molecule has 16 heavy (non-hydrogen) atoms. The van der Waals surface area contributed by atoms with Crippen molar-refractivity contribution < 1.29 is 20.1 Å². The van der Waals surface area contributed by atoms with Crippen molar-refractivity contribution in [3.63, 3.8) is 0 Å². The van der Waals surface area contributed by atoms with Gasteiger partial charge in [0.25, 0.3) is 0 Å². The Balaban J connectivity index is 0.000000325. The molecule has 0 saturated heterocycles. The van der Waals surface area contributed by atoms with Crippen LogP contribution in [0.2, 0.25) is 0 Å². The molecule has 1 aromatic carbocycles. The molecular weight excluding hydrogens is 232 g/mol. The molecule has 0 bridgehead atoms. The Morgan fingerprint density at radius 1 is 1.19 bits per heavy atom. The standard InChI is InChI=1S/C7H6O3.C4H9ClO/c8-6-3-1-5(2-4-6)7(9)10;5-3-1-2-4-6/h1-4,8H,(H,9,10);6H,1-4H2. The summed E-state index contributed by atoms with van der Waals surface area (Å²) in [5.74, 6) is -0.245. The molecule has 1 aromatic rings. The minimum atomic E-state index is -0.986. The van der Waals surface area contributed by atoms with Gasteiger partial charge in [-0.05, 0) is 37.1 Å². The summed E-state index contributed by atoms with van der Waals surface area (Å²) in [5, 5.41) is 25.3. The summed E-state index contributed by atoms with van der Waals surface area (Å²) in [6.07, 6.45) is 1.77. The highest BCUT2D eigenvalue weighted by Gasteiger charge is 1.99. The van der Waals surface area contributed by atoms with E-state index < -0.39 is 5.97 Å². The molecule has 0 fully saturated rings. The molecule has 4 nitrogen and oxygen atoms in total. The van der Waals surface area contributed by atoms with Crippen LogP contribution >= 0.6 is 11.6 Å². The fourth-order valence-electron chi connectivity index (χ4n) is 0.810. The molecule has 0 amide bonds. The van der Waals surface area contributed by atoms with Gasteiger partial charge in [0.1, 0.15) is 5.75 Å². The molecular formula is C11H15ClO4. The number of aliphatic hydroxyl groups is 1. The second-order valence-corrected chi connectivity index (χ2v) is 3.35. The number of alkyl halides is 1. The van der Waals surface area contributed by atoms with E-state index in [9.17, 15) is 4.79 Å². The van der Waals surface area contributed by atoms with Gasteiger partial charge in [0.15, 0.2) is 0 Å². The van der Waals surface area contributed by atoms with E-state index in [0.717, 1.165) is 12.8 Å². The summed E-state index contributed by atoms with van der Waals surface area (Å²) < 4.78 is 0. The molecule has 0 aliphatic heterocycles. The van der Waals surface area contributed by atoms with Gasteiger partial charge >= 0.3 is 5.97 Å². The zero-order valence-electron chi connectivity index (χ0n) is 8.77. The topological polar surface area (TPSA) is 77.8 Å². The van der Waals surface area contributed by atoms with Gasteiger partial charge in [0.05, 0.1) is 5.56 Å². The zero-order chi connectivity index (χ0) is 12.4. The third kappa shape index (κ3) is 7.09. The lowest BCUT2D eigenvalue weighted by Crippen LogP contribution is -1.93. The van der Waals surface area contributed by atoms with E-state index in [1.54, 1.807) is 0 Å². The number of phenolic OH excluding ortho intramolecular Hbond substituents is 1. The van der Waals surface area contributed by atoms with E-state index in [-0.39, 0.29) is 17.9 Å². The molecule has 5 heteroatoms. The van der Waals surface area contributed by atoms with Crippen LogP contribution in [-0.4, -0.2) is 33.8 Å². The summed E-state index contributed by atoms with van der Waals surface area (Å²) in [6.45, 7) is 0.271. The van der Waals surface area contributed by atoms with Crippen molar-refractivity contribution in [3.8, 4) is 5.75 Å². The summed E-state index contributed by atoms with van der Waals surface area (Å²) in [5.41, 5.74) is 0.179. The van der Waals surface area contributed by atoms with Crippen molar-refractivity contribution in [1.29, 1.82) is 0 Å². The fourth-order valence-corrected chi connectivity index (χ4v) is 0.999. The molecule has 0 radical (unpaired) electrons. The minimum absolute atomic E-state index is 0.0741. The van der Waals surface area contributed by atoms with Crippen LogP contribution in [0.4, 0.5) is 0 Å². The second kappa shape index (κ2) is 9.00. The number of unbranched alkanes of at least 4 members (excludes halogenated alkanes) is 1. The number of rotatable bonds is 4. The Morgan fingerprint density at radius 2 is 1.75 bits per heavy atom. The molecule has 0 aromatic heterocycles. The molecule has 0 atom stereocenters. The number of carboxylic acids is 1. The molecule has 3 N–H and O–H groups in total. The van der Waals surface area contributed by atoms with E-state index in [0.29, 0.717) is 5.88 Å². The summed E-state index contributed by atoms with van der Waals surface area (Å²) >= 11 is 5.27. The van der Waals surface area contributed by atoms with Crippen molar-refractivity contribution in [1.82, 2.24) is 0 Å². The number of carbonyl (C=O) groups is 1. The van der Waals surface area contributed by atoms with Gasteiger partial charge in [0, 0.05) is 12.5 Å². The predicted octanol–water partition coefficient (Wildman–Crippen LogP) is 2.09. The lowest BCUT2D eigenvalue weighted by Gasteiger charge is -1.92. The average molecular weight is 247 g/mol. The van der Waals surface area contributed by atoms with Crippen molar-refractivity contribution in [2.45, 2.75) is 12.8 Å². The number of halogens is 1. The Kier molecular flexibility index (Phi) is 8.29. The number of aromatic hydroxyl groups is 1. The highest BCUT2D eigenvalue weighted by Crippen LogP contribution is 2.08. The highest BCUT2D eigenvalue weighted by molar-refractivity contribution is 6.17. The first-order chi connectivity index (χ1) is 7.61.